The van der Waals surface area contributed by atoms with Crippen molar-refractivity contribution in [2.45, 2.75) is 31.9 Å². The molecule has 0 saturated carbocycles. The fourth-order valence-corrected chi connectivity index (χ4v) is 3.62. The molecule has 0 bridgehead atoms. The van der Waals surface area contributed by atoms with E-state index < -0.39 is 6.04 Å². The van der Waals surface area contributed by atoms with Gasteiger partial charge in [-0.05, 0) is 38.0 Å². The van der Waals surface area contributed by atoms with Crippen molar-refractivity contribution in [3.05, 3.63) is 29.6 Å². The highest BCUT2D eigenvalue weighted by Crippen LogP contribution is 2.29. The fourth-order valence-electron chi connectivity index (χ4n) is 3.62. The lowest BCUT2D eigenvalue weighted by Gasteiger charge is -2.34. The number of rotatable bonds is 5. The molecule has 3 rings (SSSR count). The maximum absolute atomic E-state index is 13.9. The van der Waals surface area contributed by atoms with Crippen molar-refractivity contribution in [3.8, 4) is 0 Å². The summed E-state index contributed by atoms with van der Waals surface area (Å²) in [7, 11) is 0. The lowest BCUT2D eigenvalue weighted by molar-refractivity contribution is -0.136. The number of aliphatic hydroxyl groups excluding tert-OH is 1. The standard InChI is InChI=1S/C19H27FN4O3/c1-13(22-18(26)12-24-9-6-21-11-19(24)27)16-10-14(20)2-3-17(16)23-7-4-15(25)5-8-23/h2-3,10,13,15,21,25H,4-9,11-12H2,1H3,(H,22,26)/t13-/m0/s1. The van der Waals surface area contributed by atoms with Crippen molar-refractivity contribution in [2.75, 3.05) is 44.2 Å². The molecular formula is C19H27FN4O3. The summed E-state index contributed by atoms with van der Waals surface area (Å²) < 4.78 is 13.9. The zero-order chi connectivity index (χ0) is 19.4. The molecule has 1 aromatic carbocycles. The number of carbonyl (C=O) groups excluding carboxylic acids is 2. The van der Waals surface area contributed by atoms with E-state index in [4.69, 9.17) is 0 Å². The van der Waals surface area contributed by atoms with E-state index >= 15 is 0 Å². The first-order valence-corrected chi connectivity index (χ1v) is 9.44. The molecular weight excluding hydrogens is 351 g/mol. The van der Waals surface area contributed by atoms with Crippen molar-refractivity contribution in [1.29, 1.82) is 0 Å². The Morgan fingerprint density at radius 3 is 2.81 bits per heavy atom. The number of hydrogen-bond donors (Lipinski definition) is 3. The molecule has 0 spiro atoms. The largest absolute Gasteiger partial charge is 0.393 e. The molecule has 0 aliphatic carbocycles. The van der Waals surface area contributed by atoms with Crippen LogP contribution in [-0.4, -0.2) is 67.2 Å². The summed E-state index contributed by atoms with van der Waals surface area (Å²) >= 11 is 0. The van der Waals surface area contributed by atoms with Crippen LogP contribution >= 0.6 is 0 Å². The molecule has 1 atom stereocenters. The third-order valence-corrected chi connectivity index (χ3v) is 5.16. The summed E-state index contributed by atoms with van der Waals surface area (Å²) in [5, 5.41) is 15.6. The topological polar surface area (TPSA) is 84.9 Å². The van der Waals surface area contributed by atoms with Gasteiger partial charge in [-0.2, -0.15) is 0 Å². The molecule has 1 aromatic rings. The average molecular weight is 378 g/mol. The Kier molecular flexibility index (Phi) is 6.28. The molecule has 7 nitrogen and oxygen atoms in total. The Hall–Kier alpha value is -2.19. The number of benzene rings is 1. The van der Waals surface area contributed by atoms with Crippen molar-refractivity contribution >= 4 is 17.5 Å². The molecule has 2 heterocycles. The number of piperazine rings is 1. The second kappa shape index (κ2) is 8.67. The molecule has 2 aliphatic heterocycles. The first-order valence-electron chi connectivity index (χ1n) is 9.44. The molecule has 8 heteroatoms. The van der Waals surface area contributed by atoms with Crippen LogP contribution in [0.15, 0.2) is 18.2 Å². The van der Waals surface area contributed by atoms with Gasteiger partial charge < -0.3 is 25.5 Å². The quantitative estimate of drug-likeness (QED) is 0.691. The van der Waals surface area contributed by atoms with E-state index in [1.54, 1.807) is 6.07 Å². The Balaban J connectivity index is 1.68. The van der Waals surface area contributed by atoms with Gasteiger partial charge in [-0.15, -0.1) is 0 Å². The van der Waals surface area contributed by atoms with Crippen molar-refractivity contribution in [1.82, 2.24) is 15.5 Å². The fraction of sp³-hybridized carbons (Fsp3) is 0.579. The Labute approximate surface area is 158 Å². The Morgan fingerprint density at radius 1 is 1.37 bits per heavy atom. The van der Waals surface area contributed by atoms with E-state index in [-0.39, 0.29) is 36.8 Å². The lowest BCUT2D eigenvalue weighted by atomic mass is 10.0. The number of nitrogens with one attached hydrogen (secondary N) is 2. The molecule has 0 unspecified atom stereocenters. The predicted octanol–water partition coefficient (Wildman–Crippen LogP) is 0.396. The summed E-state index contributed by atoms with van der Waals surface area (Å²) in [5.41, 5.74) is 1.57. The van der Waals surface area contributed by atoms with Gasteiger partial charge in [0.15, 0.2) is 0 Å². The number of nitrogens with zero attached hydrogens (tertiary/aromatic N) is 2. The molecule has 27 heavy (non-hydrogen) atoms. The normalized spacial score (nSPS) is 19.9. The van der Waals surface area contributed by atoms with E-state index in [0.29, 0.717) is 44.6 Å². The second-order valence-corrected chi connectivity index (χ2v) is 7.20. The van der Waals surface area contributed by atoms with Gasteiger partial charge in [-0.1, -0.05) is 0 Å². The predicted molar refractivity (Wildman–Crippen MR) is 99.9 cm³/mol. The van der Waals surface area contributed by atoms with Gasteiger partial charge in [0.1, 0.15) is 5.82 Å². The first kappa shape index (κ1) is 19.6. The third-order valence-electron chi connectivity index (χ3n) is 5.16. The van der Waals surface area contributed by atoms with Crippen LogP contribution in [0.3, 0.4) is 0 Å². The lowest BCUT2D eigenvalue weighted by Crippen LogP contribution is -2.51. The Bertz CT molecular complexity index is 692. The van der Waals surface area contributed by atoms with E-state index in [1.165, 1.54) is 17.0 Å². The van der Waals surface area contributed by atoms with Crippen LogP contribution in [0.4, 0.5) is 10.1 Å². The molecule has 3 N–H and O–H groups in total. The van der Waals surface area contributed by atoms with Crippen molar-refractivity contribution in [3.63, 3.8) is 0 Å². The minimum absolute atomic E-state index is 0.00537. The van der Waals surface area contributed by atoms with Gasteiger partial charge in [-0.25, -0.2) is 4.39 Å². The highest BCUT2D eigenvalue weighted by molar-refractivity contribution is 5.86. The molecule has 2 amide bonds. The smallest absolute Gasteiger partial charge is 0.240 e. The zero-order valence-corrected chi connectivity index (χ0v) is 15.6. The van der Waals surface area contributed by atoms with Gasteiger partial charge in [-0.3, -0.25) is 9.59 Å². The number of halogens is 1. The second-order valence-electron chi connectivity index (χ2n) is 7.20. The van der Waals surface area contributed by atoms with Crippen LogP contribution in [0.1, 0.15) is 31.4 Å². The van der Waals surface area contributed by atoms with Crippen molar-refractivity contribution < 1.29 is 19.1 Å². The van der Waals surface area contributed by atoms with Gasteiger partial charge in [0.25, 0.3) is 0 Å². The molecule has 2 fully saturated rings. The first-order chi connectivity index (χ1) is 12.9. The monoisotopic (exact) mass is 378 g/mol. The summed E-state index contributed by atoms with van der Waals surface area (Å²) in [6.07, 6.45) is 1.05. The number of anilines is 1. The van der Waals surface area contributed by atoms with Crippen LogP contribution in [0.5, 0.6) is 0 Å². The molecule has 148 valence electrons. The van der Waals surface area contributed by atoms with Gasteiger partial charge in [0, 0.05) is 37.4 Å². The molecule has 2 aliphatic rings. The molecule has 0 radical (unpaired) electrons. The third kappa shape index (κ3) is 4.95. The van der Waals surface area contributed by atoms with E-state index in [0.717, 1.165) is 5.69 Å². The number of hydrogen-bond acceptors (Lipinski definition) is 5. The SMILES string of the molecule is C[C@H](NC(=O)CN1CCNCC1=O)c1cc(F)ccc1N1CCC(O)CC1. The summed E-state index contributed by atoms with van der Waals surface area (Å²) in [6.45, 7) is 4.62. The van der Waals surface area contributed by atoms with E-state index in [2.05, 4.69) is 15.5 Å². The molecule has 0 aromatic heterocycles. The van der Waals surface area contributed by atoms with Crippen molar-refractivity contribution in [2.24, 2.45) is 0 Å². The van der Waals surface area contributed by atoms with Crippen LogP contribution < -0.4 is 15.5 Å². The maximum Gasteiger partial charge on any atom is 0.240 e. The minimum Gasteiger partial charge on any atom is -0.393 e. The number of amides is 2. The highest BCUT2D eigenvalue weighted by Gasteiger charge is 2.24. The van der Waals surface area contributed by atoms with Crippen LogP contribution in [-0.2, 0) is 9.59 Å². The Morgan fingerprint density at radius 2 is 2.11 bits per heavy atom. The number of carbonyl (C=O) groups is 2. The van der Waals surface area contributed by atoms with E-state index in [1.807, 2.05) is 6.92 Å². The maximum atomic E-state index is 13.9. The van der Waals surface area contributed by atoms with Gasteiger partial charge in [0.2, 0.25) is 11.8 Å². The zero-order valence-electron chi connectivity index (χ0n) is 15.6. The van der Waals surface area contributed by atoms with Gasteiger partial charge in [0.05, 0.1) is 25.2 Å². The number of aliphatic hydroxyl groups is 1. The van der Waals surface area contributed by atoms with Gasteiger partial charge >= 0.3 is 0 Å². The summed E-state index contributed by atoms with van der Waals surface area (Å²) in [5.74, 6) is -0.714. The van der Waals surface area contributed by atoms with Crippen LogP contribution in [0, 0.1) is 5.82 Å². The minimum atomic E-state index is -0.395. The summed E-state index contributed by atoms with van der Waals surface area (Å²) in [6, 6.07) is 4.19. The van der Waals surface area contributed by atoms with Crippen LogP contribution in [0.25, 0.3) is 0 Å². The summed E-state index contributed by atoms with van der Waals surface area (Å²) in [4.78, 5) is 27.9. The van der Waals surface area contributed by atoms with Crippen LogP contribution in [0.2, 0.25) is 0 Å². The molecule has 2 saturated heterocycles. The number of piperidine rings is 1. The average Bonchev–Trinajstić information content (AvgIpc) is 2.64. The van der Waals surface area contributed by atoms with E-state index in [9.17, 15) is 19.1 Å². The highest BCUT2D eigenvalue weighted by atomic mass is 19.1.